The van der Waals surface area contributed by atoms with E-state index in [0.29, 0.717) is 29.8 Å². The number of amides is 1. The van der Waals surface area contributed by atoms with Gasteiger partial charge in [0.1, 0.15) is 5.82 Å². The van der Waals surface area contributed by atoms with Gasteiger partial charge in [-0.25, -0.2) is 4.68 Å². The number of hydrogen-bond acceptors (Lipinski definition) is 3. The quantitative estimate of drug-likeness (QED) is 0.945. The maximum absolute atomic E-state index is 12.1. The Balaban J connectivity index is 1.70. The molecule has 5 nitrogen and oxygen atoms in total. The van der Waals surface area contributed by atoms with Gasteiger partial charge in [0, 0.05) is 30.7 Å². The van der Waals surface area contributed by atoms with Crippen molar-refractivity contribution in [2.45, 2.75) is 12.8 Å². The Hall–Kier alpha value is -1.85. The second-order valence-electron chi connectivity index (χ2n) is 5.09. The van der Waals surface area contributed by atoms with Gasteiger partial charge in [0.15, 0.2) is 0 Å². The number of nitrogens with one attached hydrogen (secondary N) is 1. The fourth-order valence-corrected chi connectivity index (χ4v) is 2.51. The van der Waals surface area contributed by atoms with E-state index in [2.05, 4.69) is 10.4 Å². The van der Waals surface area contributed by atoms with Crippen molar-refractivity contribution in [1.82, 2.24) is 9.78 Å². The molecule has 1 saturated heterocycles. The zero-order chi connectivity index (χ0) is 14.7. The van der Waals surface area contributed by atoms with Crippen molar-refractivity contribution < 1.29 is 9.53 Å². The van der Waals surface area contributed by atoms with Gasteiger partial charge in [0.05, 0.1) is 11.9 Å². The Bertz CT molecular complexity index is 618. The monoisotopic (exact) mass is 305 g/mol. The number of hydrogen-bond donors (Lipinski definition) is 1. The number of nitrogens with zero attached hydrogens (tertiary/aromatic N) is 2. The summed E-state index contributed by atoms with van der Waals surface area (Å²) in [4.78, 5) is 12.1. The van der Waals surface area contributed by atoms with E-state index in [1.54, 1.807) is 29.1 Å². The summed E-state index contributed by atoms with van der Waals surface area (Å²) in [5, 5.41) is 7.80. The van der Waals surface area contributed by atoms with E-state index in [-0.39, 0.29) is 5.91 Å². The Kier molecular flexibility index (Phi) is 4.22. The van der Waals surface area contributed by atoms with Gasteiger partial charge in [0.25, 0.3) is 0 Å². The van der Waals surface area contributed by atoms with Crippen LogP contribution in [0.25, 0.3) is 5.69 Å². The summed E-state index contributed by atoms with van der Waals surface area (Å²) >= 11 is 5.88. The molecule has 2 heterocycles. The fraction of sp³-hybridized carbons (Fsp3) is 0.333. The Labute approximate surface area is 127 Å². The molecule has 1 unspecified atom stereocenters. The van der Waals surface area contributed by atoms with Gasteiger partial charge in [-0.3, -0.25) is 4.79 Å². The standard InChI is InChI=1S/C15H16ClN3O2/c16-12-1-3-13(4-2-12)19-14(5-7-17-19)18-15(20)9-11-6-8-21-10-11/h1-5,7,11H,6,8-10H2,(H,18,20). The van der Waals surface area contributed by atoms with Crippen LogP contribution in [-0.4, -0.2) is 28.9 Å². The molecule has 1 amide bonds. The van der Waals surface area contributed by atoms with E-state index in [1.165, 1.54) is 0 Å². The largest absolute Gasteiger partial charge is 0.381 e. The average molecular weight is 306 g/mol. The molecule has 21 heavy (non-hydrogen) atoms. The number of halogens is 1. The molecule has 110 valence electrons. The van der Waals surface area contributed by atoms with Crippen molar-refractivity contribution in [2.24, 2.45) is 5.92 Å². The van der Waals surface area contributed by atoms with Crippen molar-refractivity contribution >= 4 is 23.3 Å². The number of ether oxygens (including phenoxy) is 1. The minimum atomic E-state index is -0.0128. The summed E-state index contributed by atoms with van der Waals surface area (Å²) in [5.41, 5.74) is 0.851. The van der Waals surface area contributed by atoms with Crippen LogP contribution in [0.3, 0.4) is 0 Å². The second-order valence-corrected chi connectivity index (χ2v) is 5.52. The normalized spacial score (nSPS) is 17.9. The van der Waals surface area contributed by atoms with Crippen molar-refractivity contribution in [3.05, 3.63) is 41.6 Å². The summed E-state index contributed by atoms with van der Waals surface area (Å²) in [5.74, 6) is 0.958. The summed E-state index contributed by atoms with van der Waals surface area (Å²) in [6.07, 6.45) is 3.08. The van der Waals surface area contributed by atoms with Gasteiger partial charge < -0.3 is 10.1 Å². The Morgan fingerprint density at radius 2 is 2.19 bits per heavy atom. The molecule has 1 aromatic heterocycles. The molecule has 3 rings (SSSR count). The van der Waals surface area contributed by atoms with Gasteiger partial charge in [-0.1, -0.05) is 11.6 Å². The van der Waals surface area contributed by atoms with Gasteiger partial charge >= 0.3 is 0 Å². The number of benzene rings is 1. The summed E-state index contributed by atoms with van der Waals surface area (Å²) in [6.45, 7) is 1.42. The van der Waals surface area contributed by atoms with Crippen LogP contribution in [0.2, 0.25) is 5.02 Å². The van der Waals surface area contributed by atoms with Gasteiger partial charge in [-0.2, -0.15) is 5.10 Å². The summed E-state index contributed by atoms with van der Waals surface area (Å²) < 4.78 is 6.97. The van der Waals surface area contributed by atoms with Crippen molar-refractivity contribution in [3.63, 3.8) is 0 Å². The first-order valence-corrected chi connectivity index (χ1v) is 7.28. The first-order chi connectivity index (χ1) is 10.2. The third kappa shape index (κ3) is 3.43. The number of rotatable bonds is 4. The Morgan fingerprint density at radius 3 is 2.90 bits per heavy atom. The van der Waals surface area contributed by atoms with Crippen LogP contribution in [0.15, 0.2) is 36.5 Å². The van der Waals surface area contributed by atoms with Crippen LogP contribution in [0, 0.1) is 5.92 Å². The van der Waals surface area contributed by atoms with Crippen LogP contribution in [0.4, 0.5) is 5.82 Å². The van der Waals surface area contributed by atoms with Gasteiger partial charge in [-0.05, 0) is 36.6 Å². The lowest BCUT2D eigenvalue weighted by atomic mass is 10.1. The molecule has 1 aromatic carbocycles. The van der Waals surface area contributed by atoms with E-state index in [9.17, 15) is 4.79 Å². The Morgan fingerprint density at radius 1 is 1.38 bits per heavy atom. The van der Waals surface area contributed by atoms with Crippen LogP contribution >= 0.6 is 11.6 Å². The topological polar surface area (TPSA) is 56.1 Å². The third-order valence-electron chi connectivity index (χ3n) is 3.48. The predicted octanol–water partition coefficient (Wildman–Crippen LogP) is 2.89. The molecule has 0 spiro atoms. The average Bonchev–Trinajstić information content (AvgIpc) is 3.11. The van der Waals surface area contributed by atoms with Crippen molar-refractivity contribution in [1.29, 1.82) is 0 Å². The van der Waals surface area contributed by atoms with Gasteiger partial charge in [-0.15, -0.1) is 0 Å². The predicted molar refractivity (Wildman–Crippen MR) is 80.7 cm³/mol. The highest BCUT2D eigenvalue weighted by Gasteiger charge is 2.19. The highest BCUT2D eigenvalue weighted by atomic mass is 35.5. The minimum Gasteiger partial charge on any atom is -0.381 e. The van der Waals surface area contributed by atoms with E-state index in [0.717, 1.165) is 18.7 Å². The molecular weight excluding hydrogens is 290 g/mol. The number of anilines is 1. The first kappa shape index (κ1) is 14.1. The molecule has 1 aliphatic rings. The molecule has 0 aliphatic carbocycles. The molecule has 2 aromatic rings. The summed E-state index contributed by atoms with van der Waals surface area (Å²) in [7, 11) is 0. The van der Waals surface area contributed by atoms with E-state index in [1.807, 2.05) is 12.1 Å². The molecular formula is C15H16ClN3O2. The lowest BCUT2D eigenvalue weighted by Gasteiger charge is -2.11. The molecule has 1 fully saturated rings. The SMILES string of the molecule is O=C(CC1CCOC1)Nc1ccnn1-c1ccc(Cl)cc1. The number of carbonyl (C=O) groups excluding carboxylic acids is 1. The molecule has 0 radical (unpaired) electrons. The van der Waals surface area contributed by atoms with Crippen LogP contribution in [0.1, 0.15) is 12.8 Å². The zero-order valence-corrected chi connectivity index (χ0v) is 12.2. The van der Waals surface area contributed by atoms with Gasteiger partial charge in [0.2, 0.25) is 5.91 Å². The van der Waals surface area contributed by atoms with E-state index in [4.69, 9.17) is 16.3 Å². The maximum atomic E-state index is 12.1. The van der Waals surface area contributed by atoms with Crippen molar-refractivity contribution in [2.75, 3.05) is 18.5 Å². The molecule has 6 heteroatoms. The molecule has 1 N–H and O–H groups in total. The van der Waals surface area contributed by atoms with Crippen LogP contribution in [0.5, 0.6) is 0 Å². The van der Waals surface area contributed by atoms with Crippen molar-refractivity contribution in [3.8, 4) is 5.69 Å². The fourth-order valence-electron chi connectivity index (χ4n) is 2.39. The lowest BCUT2D eigenvalue weighted by Crippen LogP contribution is -2.18. The van der Waals surface area contributed by atoms with Crippen LogP contribution < -0.4 is 5.32 Å². The third-order valence-corrected chi connectivity index (χ3v) is 3.73. The number of aromatic nitrogens is 2. The first-order valence-electron chi connectivity index (χ1n) is 6.90. The minimum absolute atomic E-state index is 0.0128. The molecule has 0 saturated carbocycles. The summed E-state index contributed by atoms with van der Waals surface area (Å²) in [6, 6.07) is 9.07. The zero-order valence-electron chi connectivity index (χ0n) is 11.5. The molecule has 0 bridgehead atoms. The van der Waals surface area contributed by atoms with Crippen LogP contribution in [-0.2, 0) is 9.53 Å². The highest BCUT2D eigenvalue weighted by Crippen LogP contribution is 2.20. The van der Waals surface area contributed by atoms with E-state index >= 15 is 0 Å². The van der Waals surface area contributed by atoms with E-state index < -0.39 is 0 Å². The highest BCUT2D eigenvalue weighted by molar-refractivity contribution is 6.30. The lowest BCUT2D eigenvalue weighted by molar-refractivity contribution is -0.117. The number of carbonyl (C=O) groups is 1. The second kappa shape index (κ2) is 6.28. The maximum Gasteiger partial charge on any atom is 0.225 e. The molecule has 1 atom stereocenters. The molecule has 1 aliphatic heterocycles. The smallest absolute Gasteiger partial charge is 0.225 e.